The van der Waals surface area contributed by atoms with Gasteiger partial charge in [0.1, 0.15) is 12.2 Å². The van der Waals surface area contributed by atoms with Gasteiger partial charge in [-0.25, -0.2) is 0 Å². The molecule has 0 amide bonds. The number of hydrogen-bond acceptors (Lipinski definition) is 2. The van der Waals surface area contributed by atoms with E-state index >= 15 is 0 Å². The van der Waals surface area contributed by atoms with E-state index in [1.54, 1.807) is 0 Å². The SMILES string of the molecule is C[N+](C)(Cc1ccccc1)c1ccccc1.O=C([O-])C(Cl)(Cl)Cl. The number of quaternary nitrogens is 1. The number of benzene rings is 2. The Balaban J connectivity index is 0.000000322. The zero-order valence-electron chi connectivity index (χ0n) is 12.9. The zero-order chi connectivity index (χ0) is 17.5. The summed E-state index contributed by atoms with van der Waals surface area (Å²) in [6.45, 7) is 1.02. The third-order valence-electron chi connectivity index (χ3n) is 3.11. The second kappa shape index (κ2) is 8.55. The average Bonchev–Trinajstić information content (AvgIpc) is 2.48. The highest BCUT2D eigenvalue weighted by Gasteiger charge is 2.20. The first-order valence-corrected chi connectivity index (χ1v) is 7.97. The Labute approximate surface area is 151 Å². The second-order valence-corrected chi connectivity index (χ2v) is 7.73. The molecule has 2 aromatic rings. The Morgan fingerprint density at radius 3 is 1.74 bits per heavy atom. The number of carboxylic acid groups (broad SMARTS) is 1. The van der Waals surface area contributed by atoms with Crippen LogP contribution in [0.15, 0.2) is 60.7 Å². The molecule has 3 nitrogen and oxygen atoms in total. The largest absolute Gasteiger partial charge is 0.545 e. The summed E-state index contributed by atoms with van der Waals surface area (Å²) in [5, 5.41) is 9.51. The van der Waals surface area contributed by atoms with E-state index in [-0.39, 0.29) is 0 Å². The molecule has 0 bridgehead atoms. The first kappa shape index (κ1) is 19.8. The molecule has 0 fully saturated rings. The van der Waals surface area contributed by atoms with E-state index in [1.165, 1.54) is 11.3 Å². The summed E-state index contributed by atoms with van der Waals surface area (Å²) in [6.07, 6.45) is 0. The highest BCUT2D eigenvalue weighted by molar-refractivity contribution is 6.75. The van der Waals surface area contributed by atoms with Gasteiger partial charge in [-0.2, -0.15) is 0 Å². The predicted molar refractivity (Wildman–Crippen MR) is 95.5 cm³/mol. The van der Waals surface area contributed by atoms with Gasteiger partial charge >= 0.3 is 0 Å². The minimum absolute atomic E-state index is 0.880. The molecule has 0 saturated carbocycles. The van der Waals surface area contributed by atoms with Crippen LogP contribution < -0.4 is 9.59 Å². The van der Waals surface area contributed by atoms with Gasteiger partial charge < -0.3 is 9.90 Å². The Hall–Kier alpha value is -1.26. The molecule has 0 spiro atoms. The van der Waals surface area contributed by atoms with E-state index < -0.39 is 9.76 Å². The van der Waals surface area contributed by atoms with Crippen LogP contribution in [-0.2, 0) is 11.3 Å². The number of halogens is 3. The topological polar surface area (TPSA) is 40.1 Å². The Bertz CT molecular complexity index is 611. The Morgan fingerprint density at radius 2 is 1.35 bits per heavy atom. The lowest BCUT2D eigenvalue weighted by atomic mass is 10.2. The van der Waals surface area contributed by atoms with E-state index in [4.69, 9.17) is 34.8 Å². The zero-order valence-corrected chi connectivity index (χ0v) is 15.1. The molecule has 0 saturated heterocycles. The summed E-state index contributed by atoms with van der Waals surface area (Å²) < 4.78 is -1.40. The van der Waals surface area contributed by atoms with Gasteiger partial charge in [0, 0.05) is 5.56 Å². The average molecular weight is 375 g/mol. The van der Waals surface area contributed by atoms with Gasteiger partial charge in [-0.15, -0.1) is 0 Å². The number of alkyl halides is 3. The number of aliphatic carboxylic acids is 1. The van der Waals surface area contributed by atoms with E-state index in [1.807, 2.05) is 0 Å². The fraction of sp³-hybridized carbons (Fsp3) is 0.235. The molecule has 0 heterocycles. The van der Waals surface area contributed by atoms with Crippen molar-refractivity contribution in [2.45, 2.75) is 10.3 Å². The fourth-order valence-electron chi connectivity index (χ4n) is 1.96. The maximum atomic E-state index is 9.51. The fourth-order valence-corrected chi connectivity index (χ4v) is 1.96. The van der Waals surface area contributed by atoms with Crippen molar-refractivity contribution in [3.63, 3.8) is 0 Å². The van der Waals surface area contributed by atoms with Gasteiger partial charge in [-0.3, -0.25) is 4.48 Å². The Morgan fingerprint density at radius 1 is 0.957 bits per heavy atom. The lowest BCUT2D eigenvalue weighted by Crippen LogP contribution is -2.39. The molecule has 0 aromatic heterocycles. The number of carbonyl (C=O) groups is 1. The minimum Gasteiger partial charge on any atom is -0.545 e. The van der Waals surface area contributed by atoms with Crippen molar-refractivity contribution in [3.05, 3.63) is 66.2 Å². The summed E-state index contributed by atoms with van der Waals surface area (Å²) in [5.41, 5.74) is 2.71. The molecular formula is C17H18Cl3NO2. The molecular weight excluding hydrogens is 357 g/mol. The lowest BCUT2D eigenvalue weighted by molar-refractivity contribution is -0.304. The second-order valence-electron chi connectivity index (χ2n) is 5.45. The number of rotatable bonds is 3. The third-order valence-corrected chi connectivity index (χ3v) is 3.57. The lowest BCUT2D eigenvalue weighted by Gasteiger charge is -2.29. The summed E-state index contributed by atoms with van der Waals surface area (Å²) in [7, 11) is 4.48. The van der Waals surface area contributed by atoms with Crippen LogP contribution in [0.2, 0.25) is 0 Å². The van der Waals surface area contributed by atoms with E-state index in [2.05, 4.69) is 74.8 Å². The van der Waals surface area contributed by atoms with Crippen LogP contribution in [0.3, 0.4) is 0 Å². The summed E-state index contributed by atoms with van der Waals surface area (Å²) in [4.78, 5) is 9.51. The molecule has 0 atom stereocenters. The monoisotopic (exact) mass is 373 g/mol. The maximum Gasteiger partial charge on any atom is 0.230 e. The van der Waals surface area contributed by atoms with Crippen LogP contribution in [0.4, 0.5) is 5.69 Å². The van der Waals surface area contributed by atoms with Crippen molar-refractivity contribution in [3.8, 4) is 0 Å². The molecule has 124 valence electrons. The number of nitrogens with zero attached hydrogens (tertiary/aromatic N) is 1. The van der Waals surface area contributed by atoms with Crippen LogP contribution in [0.1, 0.15) is 5.56 Å². The van der Waals surface area contributed by atoms with Crippen molar-refractivity contribution < 1.29 is 9.90 Å². The van der Waals surface area contributed by atoms with Gasteiger partial charge in [-0.1, -0.05) is 83.3 Å². The molecule has 0 aliphatic rings. The number of carbonyl (C=O) groups excluding carboxylic acids is 1. The minimum atomic E-state index is -2.28. The molecule has 0 N–H and O–H groups in total. The number of hydrogen-bond donors (Lipinski definition) is 0. The molecule has 0 unspecified atom stereocenters. The molecule has 23 heavy (non-hydrogen) atoms. The normalized spacial score (nSPS) is 11.3. The summed E-state index contributed by atoms with van der Waals surface area (Å²) in [6, 6.07) is 21.2. The number of para-hydroxylation sites is 1. The molecule has 6 heteroatoms. The van der Waals surface area contributed by atoms with E-state index in [0.29, 0.717) is 0 Å². The molecule has 0 radical (unpaired) electrons. The van der Waals surface area contributed by atoms with Crippen molar-refractivity contribution in [2.24, 2.45) is 0 Å². The smallest absolute Gasteiger partial charge is 0.230 e. The predicted octanol–water partition coefficient (Wildman–Crippen LogP) is 3.56. The molecule has 0 aliphatic carbocycles. The molecule has 2 rings (SSSR count). The highest BCUT2D eigenvalue weighted by atomic mass is 35.6. The van der Waals surface area contributed by atoms with E-state index in [9.17, 15) is 9.90 Å². The van der Waals surface area contributed by atoms with Crippen LogP contribution in [-0.4, -0.2) is 23.9 Å². The van der Waals surface area contributed by atoms with Crippen LogP contribution >= 0.6 is 34.8 Å². The highest BCUT2D eigenvalue weighted by Crippen LogP contribution is 2.24. The van der Waals surface area contributed by atoms with E-state index in [0.717, 1.165) is 11.0 Å². The van der Waals surface area contributed by atoms with Crippen molar-refractivity contribution >= 4 is 46.5 Å². The standard InChI is InChI=1S/C15H18N.C2HCl3O2/c1-16(2,15-11-7-4-8-12-15)13-14-9-5-3-6-10-14;3-2(4,5)1(6)7/h3-12H,13H2,1-2H3;(H,6,7)/q+1;/p-1. The van der Waals surface area contributed by atoms with Crippen LogP contribution in [0.25, 0.3) is 0 Å². The summed E-state index contributed by atoms with van der Waals surface area (Å²) >= 11 is 14.2. The Kier molecular flexibility index (Phi) is 7.36. The van der Waals surface area contributed by atoms with Crippen molar-refractivity contribution in [1.82, 2.24) is 4.48 Å². The molecule has 0 aliphatic heterocycles. The van der Waals surface area contributed by atoms with Gasteiger partial charge in [0.25, 0.3) is 0 Å². The number of carboxylic acids is 1. The van der Waals surface area contributed by atoms with Gasteiger partial charge in [-0.05, 0) is 12.1 Å². The van der Waals surface area contributed by atoms with Crippen molar-refractivity contribution in [1.29, 1.82) is 0 Å². The summed E-state index contributed by atoms with van der Waals surface area (Å²) in [5.74, 6) is -1.71. The van der Waals surface area contributed by atoms with Gasteiger partial charge in [0.05, 0.1) is 20.1 Å². The van der Waals surface area contributed by atoms with Crippen molar-refractivity contribution in [2.75, 3.05) is 14.1 Å². The van der Waals surface area contributed by atoms with Crippen LogP contribution in [0.5, 0.6) is 0 Å². The quantitative estimate of drug-likeness (QED) is 0.609. The van der Waals surface area contributed by atoms with Crippen LogP contribution in [0, 0.1) is 0 Å². The van der Waals surface area contributed by atoms with Gasteiger partial charge in [0.15, 0.2) is 0 Å². The molecule has 2 aromatic carbocycles. The third kappa shape index (κ3) is 7.23. The first-order valence-electron chi connectivity index (χ1n) is 6.83. The maximum absolute atomic E-state index is 9.51. The van der Waals surface area contributed by atoms with Gasteiger partial charge in [0.2, 0.25) is 3.79 Å². The first-order chi connectivity index (χ1) is 10.6.